The number of pyridine rings is 1. The smallest absolute Gasteiger partial charge is 0.236 e. The summed E-state index contributed by atoms with van der Waals surface area (Å²) < 4.78 is 0. The molecule has 0 saturated heterocycles. The van der Waals surface area contributed by atoms with Gasteiger partial charge in [0, 0.05) is 12.7 Å². The normalized spacial score (nSPS) is 10.4. The van der Waals surface area contributed by atoms with Gasteiger partial charge in [-0.25, -0.2) is 4.98 Å². The number of primary amides is 1. The molecule has 0 spiro atoms. The predicted octanol–water partition coefficient (Wildman–Crippen LogP) is 0.611. The number of rotatable bonds is 5. The van der Waals surface area contributed by atoms with Gasteiger partial charge in [-0.2, -0.15) is 0 Å². The summed E-state index contributed by atoms with van der Waals surface area (Å²) >= 11 is 0. The van der Waals surface area contributed by atoms with Gasteiger partial charge in [-0.05, 0) is 18.1 Å². The highest BCUT2D eigenvalue weighted by molar-refractivity contribution is 5.80. The van der Waals surface area contributed by atoms with E-state index < -0.39 is 0 Å². The SMILES string of the molecule is CC(C)CN(CC(N)=O)c1ncccc1N. The fraction of sp³-hybridized carbons (Fsp3) is 0.455. The quantitative estimate of drug-likeness (QED) is 0.764. The Bertz CT molecular complexity index is 365. The zero-order valence-electron chi connectivity index (χ0n) is 9.68. The molecule has 1 heterocycles. The van der Waals surface area contributed by atoms with Gasteiger partial charge in [0.05, 0.1) is 12.2 Å². The number of carbonyl (C=O) groups is 1. The van der Waals surface area contributed by atoms with Gasteiger partial charge in [0.15, 0.2) is 5.82 Å². The molecule has 0 fully saturated rings. The molecule has 4 N–H and O–H groups in total. The molecule has 1 aromatic heterocycles. The van der Waals surface area contributed by atoms with Crippen LogP contribution in [0.5, 0.6) is 0 Å². The Morgan fingerprint density at radius 2 is 2.25 bits per heavy atom. The average Bonchev–Trinajstić information content (AvgIpc) is 2.15. The van der Waals surface area contributed by atoms with Gasteiger partial charge in [-0.1, -0.05) is 13.8 Å². The first-order chi connectivity index (χ1) is 7.50. The number of nitrogens with zero attached hydrogens (tertiary/aromatic N) is 2. The second kappa shape index (κ2) is 5.34. The number of nitrogens with two attached hydrogens (primary N) is 2. The van der Waals surface area contributed by atoms with E-state index in [-0.39, 0.29) is 12.5 Å². The standard InChI is InChI=1S/C11H18N4O/c1-8(2)6-15(7-10(13)16)11-9(12)4-3-5-14-11/h3-5,8H,6-7,12H2,1-2H3,(H2,13,16). The summed E-state index contributed by atoms with van der Waals surface area (Å²) in [6, 6.07) is 3.52. The van der Waals surface area contributed by atoms with Crippen LogP contribution >= 0.6 is 0 Å². The summed E-state index contributed by atoms with van der Waals surface area (Å²) in [6.07, 6.45) is 1.65. The van der Waals surface area contributed by atoms with Crippen LogP contribution < -0.4 is 16.4 Å². The molecule has 1 aromatic rings. The van der Waals surface area contributed by atoms with Crippen LogP contribution in [0.2, 0.25) is 0 Å². The lowest BCUT2D eigenvalue weighted by molar-refractivity contribution is -0.116. The zero-order valence-corrected chi connectivity index (χ0v) is 9.68. The lowest BCUT2D eigenvalue weighted by Crippen LogP contribution is -2.37. The zero-order chi connectivity index (χ0) is 12.1. The van der Waals surface area contributed by atoms with Gasteiger partial charge in [0.25, 0.3) is 0 Å². The molecule has 5 heteroatoms. The van der Waals surface area contributed by atoms with Gasteiger partial charge in [0.1, 0.15) is 0 Å². The Kier molecular flexibility index (Phi) is 4.10. The summed E-state index contributed by atoms with van der Waals surface area (Å²) in [5.41, 5.74) is 11.6. The molecule has 1 rings (SSSR count). The fourth-order valence-electron chi connectivity index (χ4n) is 1.53. The van der Waals surface area contributed by atoms with E-state index in [1.54, 1.807) is 18.3 Å². The number of aromatic nitrogens is 1. The second-order valence-electron chi connectivity index (χ2n) is 4.16. The Balaban J connectivity index is 2.91. The van der Waals surface area contributed by atoms with Crippen LogP contribution in [-0.2, 0) is 4.79 Å². The van der Waals surface area contributed by atoms with E-state index in [1.165, 1.54) is 0 Å². The van der Waals surface area contributed by atoms with Crippen molar-refractivity contribution in [2.75, 3.05) is 23.7 Å². The van der Waals surface area contributed by atoms with E-state index in [4.69, 9.17) is 11.5 Å². The maximum absolute atomic E-state index is 11.0. The molecular weight excluding hydrogens is 204 g/mol. The van der Waals surface area contributed by atoms with Crippen LogP contribution in [0.1, 0.15) is 13.8 Å². The molecule has 5 nitrogen and oxygen atoms in total. The van der Waals surface area contributed by atoms with Gasteiger partial charge < -0.3 is 16.4 Å². The molecular formula is C11H18N4O. The van der Waals surface area contributed by atoms with Crippen molar-refractivity contribution in [3.63, 3.8) is 0 Å². The monoisotopic (exact) mass is 222 g/mol. The number of hydrogen-bond donors (Lipinski definition) is 2. The predicted molar refractivity (Wildman–Crippen MR) is 64.9 cm³/mol. The third-order valence-corrected chi connectivity index (χ3v) is 2.05. The minimum absolute atomic E-state index is 0.138. The van der Waals surface area contributed by atoms with E-state index in [9.17, 15) is 4.79 Å². The third-order valence-electron chi connectivity index (χ3n) is 2.05. The van der Waals surface area contributed by atoms with Crippen LogP contribution in [0.4, 0.5) is 11.5 Å². The second-order valence-corrected chi connectivity index (χ2v) is 4.16. The van der Waals surface area contributed by atoms with Crippen molar-refractivity contribution in [2.45, 2.75) is 13.8 Å². The first-order valence-electron chi connectivity index (χ1n) is 5.24. The first kappa shape index (κ1) is 12.3. The maximum atomic E-state index is 11.0. The number of hydrogen-bond acceptors (Lipinski definition) is 4. The number of carbonyl (C=O) groups excluding carboxylic acids is 1. The molecule has 0 aliphatic heterocycles. The molecule has 0 aromatic carbocycles. The van der Waals surface area contributed by atoms with E-state index in [0.717, 1.165) is 0 Å². The summed E-state index contributed by atoms with van der Waals surface area (Å²) in [7, 11) is 0. The van der Waals surface area contributed by atoms with Gasteiger partial charge >= 0.3 is 0 Å². The van der Waals surface area contributed by atoms with Crippen LogP contribution in [0.15, 0.2) is 18.3 Å². The van der Waals surface area contributed by atoms with Crippen LogP contribution in [0, 0.1) is 5.92 Å². The molecule has 0 atom stereocenters. The summed E-state index contributed by atoms with van der Waals surface area (Å²) in [5.74, 6) is 0.640. The lowest BCUT2D eigenvalue weighted by atomic mass is 10.2. The van der Waals surface area contributed by atoms with Gasteiger partial charge in [0.2, 0.25) is 5.91 Å². The van der Waals surface area contributed by atoms with Crippen molar-refractivity contribution >= 4 is 17.4 Å². The molecule has 0 aliphatic carbocycles. The molecule has 16 heavy (non-hydrogen) atoms. The number of amides is 1. The summed E-state index contributed by atoms with van der Waals surface area (Å²) in [4.78, 5) is 17.0. The number of nitrogen functional groups attached to an aromatic ring is 1. The highest BCUT2D eigenvalue weighted by Gasteiger charge is 2.14. The van der Waals surface area contributed by atoms with E-state index in [1.807, 2.05) is 4.90 Å². The van der Waals surface area contributed by atoms with Crippen molar-refractivity contribution in [3.05, 3.63) is 18.3 Å². The Morgan fingerprint density at radius 1 is 1.56 bits per heavy atom. The minimum atomic E-state index is -0.384. The van der Waals surface area contributed by atoms with Crippen molar-refractivity contribution in [1.29, 1.82) is 0 Å². The largest absolute Gasteiger partial charge is 0.396 e. The van der Waals surface area contributed by atoms with E-state index >= 15 is 0 Å². The lowest BCUT2D eigenvalue weighted by Gasteiger charge is -2.25. The maximum Gasteiger partial charge on any atom is 0.236 e. The molecule has 0 unspecified atom stereocenters. The number of anilines is 2. The van der Waals surface area contributed by atoms with Crippen LogP contribution in [0.3, 0.4) is 0 Å². The molecule has 1 amide bonds. The summed E-state index contributed by atoms with van der Waals surface area (Å²) in [6.45, 7) is 4.96. The Morgan fingerprint density at radius 3 is 2.75 bits per heavy atom. The van der Waals surface area contributed by atoms with Crippen LogP contribution in [-0.4, -0.2) is 24.0 Å². The fourth-order valence-corrected chi connectivity index (χ4v) is 1.53. The van der Waals surface area contributed by atoms with E-state index in [2.05, 4.69) is 18.8 Å². The highest BCUT2D eigenvalue weighted by Crippen LogP contribution is 2.19. The Labute approximate surface area is 95.4 Å². The van der Waals surface area contributed by atoms with Gasteiger partial charge in [-0.3, -0.25) is 4.79 Å². The topological polar surface area (TPSA) is 85.2 Å². The molecule has 88 valence electrons. The van der Waals surface area contributed by atoms with Crippen molar-refractivity contribution in [2.24, 2.45) is 11.7 Å². The van der Waals surface area contributed by atoms with Crippen molar-refractivity contribution in [3.8, 4) is 0 Å². The van der Waals surface area contributed by atoms with Crippen LogP contribution in [0.25, 0.3) is 0 Å². The molecule has 0 radical (unpaired) electrons. The molecule has 0 saturated carbocycles. The van der Waals surface area contributed by atoms with Crippen molar-refractivity contribution in [1.82, 2.24) is 4.98 Å². The highest BCUT2D eigenvalue weighted by atomic mass is 16.1. The van der Waals surface area contributed by atoms with E-state index in [0.29, 0.717) is 24.0 Å². The third kappa shape index (κ3) is 3.42. The van der Waals surface area contributed by atoms with Gasteiger partial charge in [-0.15, -0.1) is 0 Å². The van der Waals surface area contributed by atoms with Crippen molar-refractivity contribution < 1.29 is 4.79 Å². The molecule has 0 aliphatic rings. The average molecular weight is 222 g/mol. The summed E-state index contributed by atoms with van der Waals surface area (Å²) in [5, 5.41) is 0. The minimum Gasteiger partial charge on any atom is -0.396 e. The molecule has 0 bridgehead atoms. The first-order valence-corrected chi connectivity index (χ1v) is 5.24. The Hall–Kier alpha value is -1.78.